The molecule has 0 N–H and O–H groups in total. The van der Waals surface area contributed by atoms with E-state index < -0.39 is 0 Å². The molecule has 0 atom stereocenters. The van der Waals surface area contributed by atoms with Crippen LogP contribution in [0.25, 0.3) is 44.2 Å². The van der Waals surface area contributed by atoms with Gasteiger partial charge in [-0.1, -0.05) is 159 Å². The molecule has 0 saturated heterocycles. The SMILES string of the molecule is CC1(C)c2ccccc2-c2ccc(N(c3ccccc3)c3cc(-c4ccc5cccc(-c6ccccc6)c5c4)cc(N(c4ccccc4)c4ccccc4)c3)cc21. The van der Waals surface area contributed by atoms with Crippen molar-refractivity contribution in [3.05, 3.63) is 230 Å². The number of fused-ring (bicyclic) bond motifs is 4. The highest BCUT2D eigenvalue weighted by Crippen LogP contribution is 2.51. The van der Waals surface area contributed by atoms with Crippen molar-refractivity contribution >= 4 is 44.9 Å². The summed E-state index contributed by atoms with van der Waals surface area (Å²) in [6.07, 6.45) is 0. The second kappa shape index (κ2) is 14.2. The van der Waals surface area contributed by atoms with Crippen LogP contribution in [0.2, 0.25) is 0 Å². The van der Waals surface area contributed by atoms with E-state index in [2.05, 4.69) is 242 Å². The van der Waals surface area contributed by atoms with Crippen LogP contribution in [0.1, 0.15) is 25.0 Å². The molecule has 1 aliphatic carbocycles. The summed E-state index contributed by atoms with van der Waals surface area (Å²) < 4.78 is 0. The number of hydrogen-bond donors (Lipinski definition) is 0. The normalized spacial score (nSPS) is 12.5. The molecule has 0 fully saturated rings. The van der Waals surface area contributed by atoms with Gasteiger partial charge in [-0.25, -0.2) is 0 Å². The molecule has 0 aliphatic heterocycles. The minimum atomic E-state index is -0.129. The van der Waals surface area contributed by atoms with E-state index in [1.807, 2.05) is 0 Å². The van der Waals surface area contributed by atoms with Crippen LogP contribution in [-0.2, 0) is 5.41 Å². The lowest BCUT2D eigenvalue weighted by molar-refractivity contribution is 0.660. The molecular weight excluding hydrogens is 689 g/mol. The van der Waals surface area contributed by atoms with E-state index >= 15 is 0 Å². The number of nitrogens with zero attached hydrogens (tertiary/aromatic N) is 2. The molecule has 0 bridgehead atoms. The Labute approximate surface area is 335 Å². The first-order valence-corrected chi connectivity index (χ1v) is 19.8. The Kier molecular flexibility index (Phi) is 8.53. The third-order valence-corrected chi connectivity index (χ3v) is 11.6. The van der Waals surface area contributed by atoms with Crippen molar-refractivity contribution in [1.29, 1.82) is 0 Å². The molecule has 9 aromatic carbocycles. The Morgan fingerprint density at radius 1 is 0.298 bits per heavy atom. The van der Waals surface area contributed by atoms with Crippen LogP contribution < -0.4 is 9.80 Å². The average Bonchev–Trinajstić information content (AvgIpc) is 3.50. The van der Waals surface area contributed by atoms with Gasteiger partial charge in [-0.05, 0) is 128 Å². The number of hydrogen-bond acceptors (Lipinski definition) is 2. The Hall–Kier alpha value is -7.16. The fraction of sp³-hybridized carbons (Fsp3) is 0.0545. The van der Waals surface area contributed by atoms with Crippen molar-refractivity contribution in [1.82, 2.24) is 0 Å². The molecule has 0 heterocycles. The van der Waals surface area contributed by atoms with Crippen molar-refractivity contribution in [2.75, 3.05) is 9.80 Å². The third kappa shape index (κ3) is 6.16. The molecule has 0 radical (unpaired) electrons. The number of benzene rings is 9. The highest BCUT2D eigenvalue weighted by Gasteiger charge is 2.35. The number of anilines is 6. The predicted molar refractivity (Wildman–Crippen MR) is 242 cm³/mol. The van der Waals surface area contributed by atoms with Crippen LogP contribution in [0.4, 0.5) is 34.1 Å². The minimum absolute atomic E-state index is 0.129. The molecule has 0 aromatic heterocycles. The Morgan fingerprint density at radius 3 is 1.46 bits per heavy atom. The van der Waals surface area contributed by atoms with E-state index in [1.54, 1.807) is 0 Å². The second-order valence-corrected chi connectivity index (χ2v) is 15.4. The van der Waals surface area contributed by atoms with Crippen molar-refractivity contribution in [2.45, 2.75) is 19.3 Å². The highest BCUT2D eigenvalue weighted by atomic mass is 15.2. The Morgan fingerprint density at radius 2 is 0.825 bits per heavy atom. The molecule has 272 valence electrons. The van der Waals surface area contributed by atoms with Crippen molar-refractivity contribution in [3.8, 4) is 33.4 Å². The molecule has 0 unspecified atom stereocenters. The zero-order valence-corrected chi connectivity index (χ0v) is 32.2. The highest BCUT2D eigenvalue weighted by molar-refractivity contribution is 6.00. The first-order valence-electron chi connectivity index (χ1n) is 19.8. The first-order chi connectivity index (χ1) is 28.0. The fourth-order valence-corrected chi connectivity index (χ4v) is 8.80. The standard InChI is InChI=1S/C55H42N2/c1-55(2)53-29-16-15-27-50(53)51-33-32-46(38-54(51)55)57(45-25-13-6-14-26-45)48-35-42(34-47(37-48)56(43-21-9-4-10-22-43)44-23-11-5-12-24-44)41-31-30-40-20-17-28-49(52(40)36-41)39-18-7-3-8-19-39/h3-38H,1-2H3. The van der Waals surface area contributed by atoms with Crippen molar-refractivity contribution in [3.63, 3.8) is 0 Å². The lowest BCUT2D eigenvalue weighted by Crippen LogP contribution is -2.17. The Balaban J connectivity index is 1.22. The summed E-state index contributed by atoms with van der Waals surface area (Å²) in [4.78, 5) is 4.80. The van der Waals surface area contributed by atoms with Crippen LogP contribution >= 0.6 is 0 Å². The van der Waals surface area contributed by atoms with Gasteiger partial charge in [-0.2, -0.15) is 0 Å². The molecular formula is C55H42N2. The minimum Gasteiger partial charge on any atom is -0.310 e. The van der Waals surface area contributed by atoms with E-state index in [0.29, 0.717) is 0 Å². The van der Waals surface area contributed by atoms with Crippen molar-refractivity contribution < 1.29 is 0 Å². The van der Waals surface area contributed by atoms with Crippen molar-refractivity contribution in [2.24, 2.45) is 0 Å². The smallest absolute Gasteiger partial charge is 0.0488 e. The Bertz CT molecular complexity index is 2820. The predicted octanol–water partition coefficient (Wildman–Crippen LogP) is 15.4. The zero-order chi connectivity index (χ0) is 38.3. The largest absolute Gasteiger partial charge is 0.310 e. The summed E-state index contributed by atoms with van der Waals surface area (Å²) in [5.74, 6) is 0. The van der Waals surface area contributed by atoms with E-state index in [9.17, 15) is 0 Å². The summed E-state index contributed by atoms with van der Waals surface area (Å²) in [7, 11) is 0. The fourth-order valence-electron chi connectivity index (χ4n) is 8.80. The number of para-hydroxylation sites is 3. The molecule has 0 spiro atoms. The number of rotatable bonds is 8. The van der Waals surface area contributed by atoms with Gasteiger partial charge in [-0.15, -0.1) is 0 Å². The van der Waals surface area contributed by atoms with E-state index in [1.165, 1.54) is 44.2 Å². The molecule has 2 heteroatoms. The molecule has 0 saturated carbocycles. The van der Waals surface area contributed by atoms with E-state index in [-0.39, 0.29) is 5.41 Å². The molecule has 9 aromatic rings. The average molecular weight is 731 g/mol. The van der Waals surface area contributed by atoms with Crippen LogP contribution in [0.15, 0.2) is 218 Å². The summed E-state index contributed by atoms with van der Waals surface area (Å²) in [6.45, 7) is 4.71. The van der Waals surface area contributed by atoms with Gasteiger partial charge < -0.3 is 9.80 Å². The zero-order valence-electron chi connectivity index (χ0n) is 32.2. The summed E-state index contributed by atoms with van der Waals surface area (Å²) in [5.41, 5.74) is 16.5. The van der Waals surface area contributed by atoms with Gasteiger partial charge in [0, 0.05) is 39.5 Å². The summed E-state index contributed by atoms with van der Waals surface area (Å²) in [5, 5.41) is 2.45. The summed E-state index contributed by atoms with van der Waals surface area (Å²) >= 11 is 0. The van der Waals surface area contributed by atoms with Crippen LogP contribution in [-0.4, -0.2) is 0 Å². The second-order valence-electron chi connectivity index (χ2n) is 15.4. The summed E-state index contributed by atoms with van der Waals surface area (Å²) in [6, 6.07) is 79.4. The maximum absolute atomic E-state index is 2.43. The van der Waals surface area contributed by atoms with Gasteiger partial charge >= 0.3 is 0 Å². The lowest BCUT2D eigenvalue weighted by Gasteiger charge is -2.31. The van der Waals surface area contributed by atoms with Crippen LogP contribution in [0.3, 0.4) is 0 Å². The van der Waals surface area contributed by atoms with Gasteiger partial charge in [0.1, 0.15) is 0 Å². The molecule has 57 heavy (non-hydrogen) atoms. The van der Waals surface area contributed by atoms with Gasteiger partial charge in [-0.3, -0.25) is 0 Å². The van der Waals surface area contributed by atoms with Gasteiger partial charge in [0.15, 0.2) is 0 Å². The lowest BCUT2D eigenvalue weighted by atomic mass is 9.82. The molecule has 1 aliphatic rings. The van der Waals surface area contributed by atoms with E-state index in [0.717, 1.165) is 45.3 Å². The van der Waals surface area contributed by atoms with Crippen LogP contribution in [0.5, 0.6) is 0 Å². The first kappa shape index (κ1) is 34.3. The molecule has 2 nitrogen and oxygen atoms in total. The van der Waals surface area contributed by atoms with Gasteiger partial charge in [0.05, 0.1) is 0 Å². The maximum atomic E-state index is 2.43. The van der Waals surface area contributed by atoms with E-state index in [4.69, 9.17) is 0 Å². The quantitative estimate of drug-likeness (QED) is 0.154. The third-order valence-electron chi connectivity index (χ3n) is 11.6. The molecule has 0 amide bonds. The van der Waals surface area contributed by atoms with Gasteiger partial charge in [0.2, 0.25) is 0 Å². The van der Waals surface area contributed by atoms with Crippen LogP contribution in [0, 0.1) is 0 Å². The monoisotopic (exact) mass is 730 g/mol. The molecule has 10 rings (SSSR count). The maximum Gasteiger partial charge on any atom is 0.0488 e. The van der Waals surface area contributed by atoms with Gasteiger partial charge in [0.25, 0.3) is 0 Å². The topological polar surface area (TPSA) is 6.48 Å².